The van der Waals surface area contributed by atoms with Gasteiger partial charge in [0.15, 0.2) is 5.65 Å². The van der Waals surface area contributed by atoms with Crippen LogP contribution in [-0.2, 0) is 29.4 Å². The van der Waals surface area contributed by atoms with Gasteiger partial charge in [0.25, 0.3) is 5.56 Å². The summed E-state index contributed by atoms with van der Waals surface area (Å²) in [4.78, 5) is 17.5. The van der Waals surface area contributed by atoms with Crippen LogP contribution in [0.15, 0.2) is 35.4 Å². The van der Waals surface area contributed by atoms with Gasteiger partial charge in [0.2, 0.25) is 10.0 Å². The van der Waals surface area contributed by atoms with Gasteiger partial charge in [-0.05, 0) is 11.6 Å². The molecule has 1 aromatic carbocycles. The van der Waals surface area contributed by atoms with Crippen LogP contribution in [0.4, 0.5) is 0 Å². The predicted octanol–water partition coefficient (Wildman–Crippen LogP) is 1.06. The first-order valence-corrected chi connectivity index (χ1v) is 11.1. The molecule has 4 heterocycles. The van der Waals surface area contributed by atoms with Crippen LogP contribution in [-0.4, -0.2) is 37.9 Å². The minimum atomic E-state index is -3.68. The number of sulfonamides is 1. The maximum absolute atomic E-state index is 13.1. The molecule has 148 valence electrons. The second kappa shape index (κ2) is 6.20. The van der Waals surface area contributed by atoms with Crippen molar-refractivity contribution in [2.75, 3.05) is 0 Å². The molecule has 0 saturated carbocycles. The average molecular weight is 429 g/mol. The van der Waals surface area contributed by atoms with Gasteiger partial charge in [0.1, 0.15) is 16.3 Å². The Morgan fingerprint density at radius 3 is 2.86 bits per heavy atom. The number of primary sulfonamides is 1. The lowest BCUT2D eigenvalue weighted by Crippen LogP contribution is -2.24. The summed E-state index contributed by atoms with van der Waals surface area (Å²) in [6.45, 7) is 0.300. The van der Waals surface area contributed by atoms with Crippen LogP contribution in [0.2, 0.25) is 0 Å². The van der Waals surface area contributed by atoms with E-state index in [2.05, 4.69) is 20.3 Å². The lowest BCUT2D eigenvalue weighted by molar-refractivity contribution is 0.597. The van der Waals surface area contributed by atoms with Crippen molar-refractivity contribution in [2.24, 2.45) is 12.2 Å². The Morgan fingerprint density at radius 1 is 1.24 bits per heavy atom. The summed E-state index contributed by atoms with van der Waals surface area (Å²) >= 11 is 1.20. The molecule has 5 rings (SSSR count). The number of benzene rings is 1. The molecule has 0 saturated heterocycles. The van der Waals surface area contributed by atoms with E-state index in [4.69, 9.17) is 5.14 Å². The number of aryl methyl sites for hydroxylation is 1. The van der Waals surface area contributed by atoms with E-state index in [0.29, 0.717) is 28.1 Å². The summed E-state index contributed by atoms with van der Waals surface area (Å²) in [6.07, 6.45) is 3.34. The number of aromatic amines is 1. The first-order chi connectivity index (χ1) is 13.8. The van der Waals surface area contributed by atoms with Crippen LogP contribution in [0.3, 0.4) is 0 Å². The summed E-state index contributed by atoms with van der Waals surface area (Å²) in [5.74, 6) is -0.340. The van der Waals surface area contributed by atoms with E-state index >= 15 is 0 Å². The fraction of sp³-hybridized carbons (Fsp3) is 0.176. The van der Waals surface area contributed by atoms with Gasteiger partial charge in [0.05, 0.1) is 29.2 Å². The number of nitrogens with one attached hydrogen (secondary N) is 1. The molecule has 0 spiro atoms. The Hall–Kier alpha value is -3.09. The standard InChI is InChI=1S/C17H15N7O3S2/c1-23-14-11(15-16(23)21-13(28-15)8-29(18,26)27)6-20-24(17(14)25)7-9-3-2-4-12-10(9)5-19-22-12/h2-6H,7-8H2,1H3,(H,19,22)(H2,18,26,27). The number of nitrogens with two attached hydrogens (primary N) is 1. The number of thiazole rings is 1. The van der Waals surface area contributed by atoms with Crippen LogP contribution in [0, 0.1) is 0 Å². The lowest BCUT2D eigenvalue weighted by atomic mass is 10.1. The maximum atomic E-state index is 13.1. The normalized spacial score (nSPS) is 12.5. The highest BCUT2D eigenvalue weighted by molar-refractivity contribution is 7.88. The molecule has 5 aromatic rings. The topological polar surface area (TPSA) is 142 Å². The van der Waals surface area contributed by atoms with E-state index < -0.39 is 10.0 Å². The summed E-state index contributed by atoms with van der Waals surface area (Å²) in [5.41, 5.74) is 2.58. The first-order valence-electron chi connectivity index (χ1n) is 8.57. The third kappa shape index (κ3) is 2.92. The zero-order chi connectivity index (χ0) is 20.3. The second-order valence-electron chi connectivity index (χ2n) is 6.74. The largest absolute Gasteiger partial charge is 0.323 e. The first kappa shape index (κ1) is 18.0. The van der Waals surface area contributed by atoms with Gasteiger partial charge in [0, 0.05) is 17.8 Å². The average Bonchev–Trinajstić information content (AvgIpc) is 3.33. The van der Waals surface area contributed by atoms with Crippen molar-refractivity contribution in [2.45, 2.75) is 12.3 Å². The molecule has 0 radical (unpaired) electrons. The van der Waals surface area contributed by atoms with Crippen LogP contribution >= 0.6 is 11.3 Å². The Labute approximate surface area is 167 Å². The Balaban J connectivity index is 1.64. The number of H-pyrrole nitrogens is 1. The van der Waals surface area contributed by atoms with Crippen LogP contribution < -0.4 is 10.7 Å². The number of fused-ring (bicyclic) bond motifs is 4. The molecular weight excluding hydrogens is 414 g/mol. The zero-order valence-electron chi connectivity index (χ0n) is 15.2. The summed E-state index contributed by atoms with van der Waals surface area (Å²) in [7, 11) is -1.95. The molecule has 0 fully saturated rings. The molecule has 3 N–H and O–H groups in total. The molecular formula is C17H15N7O3S2. The monoisotopic (exact) mass is 429 g/mol. The molecule has 12 heteroatoms. The van der Waals surface area contributed by atoms with Crippen LogP contribution in [0.25, 0.3) is 32.2 Å². The highest BCUT2D eigenvalue weighted by atomic mass is 32.2. The van der Waals surface area contributed by atoms with E-state index in [9.17, 15) is 13.2 Å². The van der Waals surface area contributed by atoms with Crippen molar-refractivity contribution in [3.63, 3.8) is 0 Å². The highest BCUT2D eigenvalue weighted by Crippen LogP contribution is 2.31. The predicted molar refractivity (Wildman–Crippen MR) is 110 cm³/mol. The maximum Gasteiger partial charge on any atom is 0.291 e. The van der Waals surface area contributed by atoms with E-state index in [1.807, 2.05) is 18.2 Å². The van der Waals surface area contributed by atoms with Crippen molar-refractivity contribution < 1.29 is 8.42 Å². The third-order valence-electron chi connectivity index (χ3n) is 4.79. The van der Waals surface area contributed by atoms with E-state index in [0.717, 1.165) is 21.2 Å². The fourth-order valence-electron chi connectivity index (χ4n) is 3.51. The smallest absolute Gasteiger partial charge is 0.291 e. The number of aromatic nitrogens is 6. The molecule has 0 aliphatic heterocycles. The summed E-state index contributed by atoms with van der Waals surface area (Å²) in [5, 5.41) is 18.4. The van der Waals surface area contributed by atoms with Gasteiger partial charge < -0.3 is 4.57 Å². The number of nitrogens with zero attached hydrogens (tertiary/aromatic N) is 5. The molecule has 29 heavy (non-hydrogen) atoms. The SMILES string of the molecule is Cn1c2nc(CS(N)(=O)=O)sc2c2cnn(Cc3cccc4[nH]ncc34)c(=O)c21. The van der Waals surface area contributed by atoms with Crippen molar-refractivity contribution in [1.29, 1.82) is 0 Å². The number of rotatable bonds is 4. The second-order valence-corrected chi connectivity index (χ2v) is 9.44. The molecule has 10 nitrogen and oxygen atoms in total. The van der Waals surface area contributed by atoms with Crippen LogP contribution in [0.1, 0.15) is 10.6 Å². The molecule has 0 unspecified atom stereocenters. The van der Waals surface area contributed by atoms with Gasteiger partial charge in [-0.2, -0.15) is 10.2 Å². The summed E-state index contributed by atoms with van der Waals surface area (Å²) in [6, 6.07) is 5.75. The van der Waals surface area contributed by atoms with Gasteiger partial charge >= 0.3 is 0 Å². The van der Waals surface area contributed by atoms with E-state index in [1.54, 1.807) is 24.0 Å². The minimum Gasteiger partial charge on any atom is -0.323 e. The van der Waals surface area contributed by atoms with Crippen LogP contribution in [0.5, 0.6) is 0 Å². The van der Waals surface area contributed by atoms with Crippen molar-refractivity contribution in [1.82, 2.24) is 29.5 Å². The van der Waals surface area contributed by atoms with Crippen molar-refractivity contribution >= 4 is 53.5 Å². The molecule has 0 atom stereocenters. The Kier molecular flexibility index (Phi) is 3.84. The number of hydrogen-bond acceptors (Lipinski definition) is 7. The molecule has 0 aliphatic rings. The van der Waals surface area contributed by atoms with Crippen molar-refractivity contribution in [3.8, 4) is 0 Å². The fourth-order valence-corrected chi connectivity index (χ4v) is 5.55. The van der Waals surface area contributed by atoms with E-state index in [-0.39, 0.29) is 11.3 Å². The van der Waals surface area contributed by atoms with Crippen molar-refractivity contribution in [3.05, 3.63) is 51.5 Å². The summed E-state index contributed by atoms with van der Waals surface area (Å²) < 4.78 is 26.5. The molecule has 0 amide bonds. The lowest BCUT2D eigenvalue weighted by Gasteiger charge is -2.07. The highest BCUT2D eigenvalue weighted by Gasteiger charge is 2.20. The number of hydrogen-bond donors (Lipinski definition) is 2. The zero-order valence-corrected chi connectivity index (χ0v) is 16.8. The van der Waals surface area contributed by atoms with Gasteiger partial charge in [-0.25, -0.2) is 23.2 Å². The quantitative estimate of drug-likeness (QED) is 0.437. The Bertz CT molecular complexity index is 1570. The molecule has 0 bridgehead atoms. The Morgan fingerprint density at radius 2 is 2.07 bits per heavy atom. The van der Waals surface area contributed by atoms with E-state index in [1.165, 1.54) is 16.0 Å². The van der Waals surface area contributed by atoms with Gasteiger partial charge in [-0.15, -0.1) is 11.3 Å². The van der Waals surface area contributed by atoms with Gasteiger partial charge in [-0.1, -0.05) is 12.1 Å². The molecule has 4 aromatic heterocycles. The van der Waals surface area contributed by atoms with Gasteiger partial charge in [-0.3, -0.25) is 9.89 Å². The molecule has 0 aliphatic carbocycles. The third-order valence-corrected chi connectivity index (χ3v) is 6.73. The minimum absolute atomic E-state index is 0.247.